The van der Waals surface area contributed by atoms with Gasteiger partial charge >= 0.3 is 12.3 Å². The molecule has 34 heavy (non-hydrogen) atoms. The van der Waals surface area contributed by atoms with E-state index in [2.05, 4.69) is 15.0 Å². The average molecular weight is 500 g/mol. The smallest absolute Gasteiger partial charge is 0.421 e. The van der Waals surface area contributed by atoms with E-state index in [0.717, 1.165) is 6.20 Å². The van der Waals surface area contributed by atoms with Gasteiger partial charge in [0.05, 0.1) is 48.9 Å². The Morgan fingerprint density at radius 1 is 1.24 bits per heavy atom. The second-order valence-electron chi connectivity index (χ2n) is 7.86. The van der Waals surface area contributed by atoms with E-state index in [-0.39, 0.29) is 44.3 Å². The number of amides is 1. The standard InChI is InChI=1S/C20H18ClF4N7O2/c21-18-28-14-10-30(15-8-27-7-13(22)16(15)20(23,24)25)4-2-12(14)17(29-18)31-5-6-32(19(33)34)11(9-31)1-3-26/h7-8,11H,1-2,4-6,9-10H2,(H,33,34). The SMILES string of the molecule is N#CCC1CN(c2nc(Cl)nc3c2CCN(c2cncc(F)c2C(F)(F)F)C3)CCN1C(=O)O. The highest BCUT2D eigenvalue weighted by Gasteiger charge is 2.40. The minimum Gasteiger partial charge on any atom is -0.465 e. The van der Waals surface area contributed by atoms with Crippen LogP contribution in [0.3, 0.4) is 0 Å². The molecule has 2 aliphatic heterocycles. The highest BCUT2D eigenvalue weighted by molar-refractivity contribution is 6.28. The number of rotatable bonds is 3. The number of nitriles is 1. The Bertz CT molecular complexity index is 1160. The van der Waals surface area contributed by atoms with Crippen molar-refractivity contribution in [3.63, 3.8) is 0 Å². The number of alkyl halides is 3. The summed E-state index contributed by atoms with van der Waals surface area (Å²) in [5, 5.41) is 18.4. The lowest BCUT2D eigenvalue weighted by Crippen LogP contribution is -2.55. The summed E-state index contributed by atoms with van der Waals surface area (Å²) in [5.74, 6) is -1.01. The van der Waals surface area contributed by atoms with Crippen LogP contribution in [-0.2, 0) is 19.1 Å². The molecule has 0 spiro atoms. The van der Waals surface area contributed by atoms with Crippen molar-refractivity contribution in [2.75, 3.05) is 36.0 Å². The van der Waals surface area contributed by atoms with E-state index >= 15 is 0 Å². The second-order valence-corrected chi connectivity index (χ2v) is 8.20. The molecule has 1 N–H and O–H groups in total. The molecule has 1 fully saturated rings. The maximum Gasteiger partial charge on any atom is 0.421 e. The number of piperazine rings is 1. The van der Waals surface area contributed by atoms with Gasteiger partial charge in [0.2, 0.25) is 5.28 Å². The molecule has 2 aliphatic rings. The molecule has 0 bridgehead atoms. The molecule has 0 saturated carbocycles. The summed E-state index contributed by atoms with van der Waals surface area (Å²) < 4.78 is 54.5. The predicted molar refractivity (Wildman–Crippen MR) is 112 cm³/mol. The number of halogens is 5. The molecule has 1 amide bonds. The van der Waals surface area contributed by atoms with Crippen LogP contribution >= 0.6 is 11.6 Å². The summed E-state index contributed by atoms with van der Waals surface area (Å²) in [6, 6.07) is 1.41. The zero-order valence-corrected chi connectivity index (χ0v) is 18.3. The summed E-state index contributed by atoms with van der Waals surface area (Å²) >= 11 is 6.12. The van der Waals surface area contributed by atoms with E-state index in [9.17, 15) is 27.5 Å². The van der Waals surface area contributed by atoms with Crippen molar-refractivity contribution in [2.45, 2.75) is 31.6 Å². The minimum atomic E-state index is -4.91. The zero-order valence-electron chi connectivity index (χ0n) is 17.6. The van der Waals surface area contributed by atoms with Gasteiger partial charge in [-0.1, -0.05) is 0 Å². The summed E-state index contributed by atoms with van der Waals surface area (Å²) in [6.07, 6.45) is -4.30. The van der Waals surface area contributed by atoms with E-state index in [4.69, 9.17) is 16.9 Å². The van der Waals surface area contributed by atoms with E-state index in [1.54, 1.807) is 0 Å². The van der Waals surface area contributed by atoms with Gasteiger partial charge in [0, 0.05) is 31.7 Å². The molecule has 2 aromatic rings. The van der Waals surface area contributed by atoms with Crippen LogP contribution in [0.2, 0.25) is 5.28 Å². The molecule has 4 heterocycles. The van der Waals surface area contributed by atoms with Crippen molar-refractivity contribution in [3.8, 4) is 6.07 Å². The fourth-order valence-electron chi connectivity index (χ4n) is 4.37. The largest absolute Gasteiger partial charge is 0.465 e. The third-order valence-electron chi connectivity index (χ3n) is 5.87. The average Bonchev–Trinajstić information content (AvgIpc) is 2.77. The Morgan fingerprint density at radius 2 is 2.00 bits per heavy atom. The Labute approximate surface area is 196 Å². The quantitative estimate of drug-likeness (QED) is 0.506. The third-order valence-corrected chi connectivity index (χ3v) is 6.04. The first-order valence-electron chi connectivity index (χ1n) is 10.2. The number of nitrogens with zero attached hydrogens (tertiary/aromatic N) is 7. The fourth-order valence-corrected chi connectivity index (χ4v) is 4.56. The summed E-state index contributed by atoms with van der Waals surface area (Å²) in [6.45, 7) is 0.693. The minimum absolute atomic E-state index is 0.00955. The molecular weight excluding hydrogens is 482 g/mol. The lowest BCUT2D eigenvalue weighted by molar-refractivity contribution is -0.139. The number of aromatic nitrogens is 3. The van der Waals surface area contributed by atoms with Crippen LogP contribution < -0.4 is 9.80 Å². The Hall–Kier alpha value is -3.40. The van der Waals surface area contributed by atoms with Crippen molar-refractivity contribution < 1.29 is 27.5 Å². The van der Waals surface area contributed by atoms with Gasteiger partial charge in [0.25, 0.3) is 0 Å². The van der Waals surface area contributed by atoms with Gasteiger partial charge < -0.3 is 19.8 Å². The summed E-state index contributed by atoms with van der Waals surface area (Å²) in [4.78, 5) is 27.9. The van der Waals surface area contributed by atoms with Gasteiger partial charge in [-0.2, -0.15) is 18.4 Å². The van der Waals surface area contributed by atoms with Crippen molar-refractivity contribution in [2.24, 2.45) is 0 Å². The highest BCUT2D eigenvalue weighted by atomic mass is 35.5. The molecule has 4 rings (SSSR count). The third kappa shape index (κ3) is 4.50. The fraction of sp³-hybridized carbons (Fsp3) is 0.450. The molecule has 0 aromatic carbocycles. The van der Waals surface area contributed by atoms with Crippen LogP contribution in [0.4, 0.5) is 33.9 Å². The number of carboxylic acid groups (broad SMARTS) is 1. The van der Waals surface area contributed by atoms with Crippen LogP contribution in [-0.4, -0.2) is 63.3 Å². The molecule has 14 heteroatoms. The maximum absolute atomic E-state index is 14.0. The lowest BCUT2D eigenvalue weighted by Gasteiger charge is -2.41. The van der Waals surface area contributed by atoms with Crippen molar-refractivity contribution in [1.82, 2.24) is 19.9 Å². The van der Waals surface area contributed by atoms with Crippen molar-refractivity contribution in [1.29, 1.82) is 5.26 Å². The molecule has 0 radical (unpaired) electrons. The number of hydrogen-bond acceptors (Lipinski definition) is 7. The summed E-state index contributed by atoms with van der Waals surface area (Å²) in [7, 11) is 0. The topological polar surface area (TPSA) is 109 Å². The molecule has 180 valence electrons. The highest BCUT2D eigenvalue weighted by Crippen LogP contribution is 2.40. The zero-order chi connectivity index (χ0) is 24.6. The summed E-state index contributed by atoms with van der Waals surface area (Å²) in [5.41, 5.74) is -0.733. The molecule has 2 aromatic heterocycles. The second kappa shape index (κ2) is 9.09. The number of fused-ring (bicyclic) bond motifs is 1. The number of carbonyl (C=O) groups is 1. The Morgan fingerprint density at radius 3 is 2.68 bits per heavy atom. The number of anilines is 2. The van der Waals surface area contributed by atoms with Gasteiger partial charge in [-0.05, 0) is 18.0 Å². The van der Waals surface area contributed by atoms with Crippen LogP contribution in [0.15, 0.2) is 12.4 Å². The molecule has 1 saturated heterocycles. The lowest BCUT2D eigenvalue weighted by atomic mass is 10.0. The molecule has 9 nitrogen and oxygen atoms in total. The number of pyridine rings is 1. The number of hydrogen-bond donors (Lipinski definition) is 1. The van der Waals surface area contributed by atoms with Crippen LogP contribution in [0.1, 0.15) is 23.2 Å². The first-order chi connectivity index (χ1) is 16.1. The molecular formula is C20H18ClF4N7O2. The Kier molecular flexibility index (Phi) is 6.35. The molecule has 0 aliphatic carbocycles. The molecule has 1 unspecified atom stereocenters. The first kappa shape index (κ1) is 23.7. The molecule has 1 atom stereocenters. The Balaban J connectivity index is 1.66. The van der Waals surface area contributed by atoms with Crippen molar-refractivity contribution in [3.05, 3.63) is 40.3 Å². The van der Waals surface area contributed by atoms with Crippen LogP contribution in [0, 0.1) is 17.1 Å². The van der Waals surface area contributed by atoms with Gasteiger partial charge in [-0.3, -0.25) is 4.98 Å². The normalized spacial score (nSPS) is 18.5. The van der Waals surface area contributed by atoms with E-state index in [1.807, 2.05) is 11.0 Å². The first-order valence-corrected chi connectivity index (χ1v) is 10.6. The monoisotopic (exact) mass is 499 g/mol. The van der Waals surface area contributed by atoms with Crippen LogP contribution in [0.5, 0.6) is 0 Å². The van der Waals surface area contributed by atoms with Crippen LogP contribution in [0.25, 0.3) is 0 Å². The van der Waals surface area contributed by atoms with Gasteiger partial charge in [-0.15, -0.1) is 0 Å². The van der Waals surface area contributed by atoms with E-state index < -0.39 is 35.4 Å². The van der Waals surface area contributed by atoms with Gasteiger partial charge in [0.1, 0.15) is 11.4 Å². The van der Waals surface area contributed by atoms with E-state index in [1.165, 1.54) is 9.80 Å². The van der Waals surface area contributed by atoms with Gasteiger partial charge in [-0.25, -0.2) is 19.2 Å². The van der Waals surface area contributed by atoms with Crippen molar-refractivity contribution >= 4 is 29.2 Å². The predicted octanol–water partition coefficient (Wildman–Crippen LogP) is 3.33. The maximum atomic E-state index is 14.0. The van der Waals surface area contributed by atoms with E-state index in [0.29, 0.717) is 29.8 Å². The van der Waals surface area contributed by atoms with Gasteiger partial charge in [0.15, 0.2) is 5.82 Å².